The average molecular weight is 439 g/mol. The molecule has 3 aromatic rings. The van der Waals surface area contributed by atoms with Crippen molar-refractivity contribution in [3.63, 3.8) is 0 Å². The lowest BCUT2D eigenvalue weighted by atomic mass is 10.1. The van der Waals surface area contributed by atoms with Crippen LogP contribution in [-0.4, -0.2) is 48.7 Å². The molecule has 0 unspecified atom stereocenters. The van der Waals surface area contributed by atoms with Crippen LogP contribution in [0.1, 0.15) is 11.1 Å². The summed E-state index contributed by atoms with van der Waals surface area (Å²) in [6.07, 6.45) is -1.37. The van der Waals surface area contributed by atoms with Crippen LogP contribution in [0.2, 0.25) is 0 Å². The maximum Gasteiger partial charge on any atom is 0.416 e. The van der Waals surface area contributed by atoms with E-state index in [0.717, 1.165) is 12.1 Å². The molecule has 0 saturated carbocycles. The quantitative estimate of drug-likeness (QED) is 0.456. The van der Waals surface area contributed by atoms with Gasteiger partial charge in [0.25, 0.3) is 0 Å². The normalized spacial score (nSPS) is 15.8. The highest BCUT2D eigenvalue weighted by Crippen LogP contribution is 2.32. The molecule has 0 atom stereocenters. The molecule has 152 valence electrons. The van der Waals surface area contributed by atoms with Crippen LogP contribution in [0.4, 0.5) is 19.1 Å². The van der Waals surface area contributed by atoms with E-state index in [-0.39, 0.29) is 0 Å². The first-order valence-electron chi connectivity index (χ1n) is 8.77. The minimum atomic E-state index is -4.37. The summed E-state index contributed by atoms with van der Waals surface area (Å²) in [7, 11) is -0.805. The number of hydrogen-bond donors (Lipinski definition) is 0. The van der Waals surface area contributed by atoms with Crippen LogP contribution < -0.4 is 4.90 Å². The van der Waals surface area contributed by atoms with Crippen molar-refractivity contribution in [3.05, 3.63) is 47.9 Å². The summed E-state index contributed by atoms with van der Waals surface area (Å²) in [6, 6.07) is 5.25. The predicted octanol–water partition coefficient (Wildman–Crippen LogP) is 3.30. The Morgan fingerprint density at radius 2 is 1.93 bits per heavy atom. The molecule has 2 aromatic heterocycles. The number of fused-ring (bicyclic) bond motifs is 1. The molecule has 11 heteroatoms. The van der Waals surface area contributed by atoms with Gasteiger partial charge in [0.05, 0.1) is 11.8 Å². The van der Waals surface area contributed by atoms with Crippen molar-refractivity contribution in [1.82, 2.24) is 19.9 Å². The third-order valence-corrected chi connectivity index (χ3v) is 6.75. The molecule has 0 N–H and O–H groups in total. The molecule has 1 aliphatic rings. The van der Waals surface area contributed by atoms with Gasteiger partial charge in [0.2, 0.25) is 5.95 Å². The Bertz CT molecular complexity index is 1050. The second-order valence-electron chi connectivity index (χ2n) is 6.40. The van der Waals surface area contributed by atoms with Crippen molar-refractivity contribution in [2.75, 3.05) is 29.5 Å². The highest BCUT2D eigenvalue weighted by Gasteiger charge is 2.30. The standard InChI is InChI=1S/C18H16F3N5OS2/c19-18(20,21)13-3-1-2-12(8-13)10-28-16-15-14(23-11-24-16)9-22-17(25-15)26-4-6-29(27)7-5-26/h1-3,8-9,11H,4-7,10H2. The first-order valence-corrected chi connectivity index (χ1v) is 11.2. The zero-order valence-electron chi connectivity index (χ0n) is 15.1. The first kappa shape index (κ1) is 20.0. The molecule has 0 aliphatic carbocycles. The summed E-state index contributed by atoms with van der Waals surface area (Å²) in [5.74, 6) is 1.98. The monoisotopic (exact) mass is 439 g/mol. The Morgan fingerprint density at radius 3 is 2.69 bits per heavy atom. The maximum atomic E-state index is 12.9. The Labute approximate surface area is 171 Å². The molecule has 1 aliphatic heterocycles. The maximum absolute atomic E-state index is 12.9. The zero-order chi connectivity index (χ0) is 20.4. The van der Waals surface area contributed by atoms with Crippen LogP contribution in [0, 0.1) is 0 Å². The fourth-order valence-corrected chi connectivity index (χ4v) is 4.85. The van der Waals surface area contributed by atoms with Crippen molar-refractivity contribution in [1.29, 1.82) is 0 Å². The van der Waals surface area contributed by atoms with Gasteiger partial charge in [-0.05, 0) is 11.6 Å². The van der Waals surface area contributed by atoms with Gasteiger partial charge < -0.3 is 4.90 Å². The predicted molar refractivity (Wildman–Crippen MR) is 106 cm³/mol. The Hall–Kier alpha value is -2.27. The Morgan fingerprint density at radius 1 is 1.14 bits per heavy atom. The van der Waals surface area contributed by atoms with E-state index < -0.39 is 22.5 Å². The van der Waals surface area contributed by atoms with E-state index in [4.69, 9.17) is 0 Å². The van der Waals surface area contributed by atoms with Gasteiger partial charge in [0, 0.05) is 41.1 Å². The summed E-state index contributed by atoms with van der Waals surface area (Å²) < 4.78 is 50.3. The molecule has 29 heavy (non-hydrogen) atoms. The molecule has 1 aromatic carbocycles. The SMILES string of the molecule is O=S1CCN(c2ncc3ncnc(SCc4cccc(C(F)(F)F)c4)c3n2)CC1. The number of nitrogens with zero attached hydrogens (tertiary/aromatic N) is 5. The van der Waals surface area contributed by atoms with E-state index in [1.807, 2.05) is 4.90 Å². The van der Waals surface area contributed by atoms with E-state index in [2.05, 4.69) is 19.9 Å². The second kappa shape index (κ2) is 8.23. The second-order valence-corrected chi connectivity index (χ2v) is 9.06. The molecule has 0 radical (unpaired) electrons. The lowest BCUT2D eigenvalue weighted by Crippen LogP contribution is -2.38. The van der Waals surface area contributed by atoms with Crippen molar-refractivity contribution in [2.45, 2.75) is 17.0 Å². The fourth-order valence-electron chi connectivity index (χ4n) is 2.91. The van der Waals surface area contributed by atoms with Gasteiger partial charge >= 0.3 is 6.18 Å². The number of rotatable bonds is 4. The summed E-state index contributed by atoms with van der Waals surface area (Å²) >= 11 is 1.30. The summed E-state index contributed by atoms with van der Waals surface area (Å²) in [5, 5.41) is 0.580. The molecule has 0 spiro atoms. The molecule has 0 amide bonds. The van der Waals surface area contributed by atoms with E-state index in [1.165, 1.54) is 24.2 Å². The van der Waals surface area contributed by atoms with Crippen molar-refractivity contribution >= 4 is 39.5 Å². The highest BCUT2D eigenvalue weighted by molar-refractivity contribution is 7.98. The van der Waals surface area contributed by atoms with Crippen molar-refractivity contribution < 1.29 is 17.4 Å². The van der Waals surface area contributed by atoms with E-state index in [9.17, 15) is 17.4 Å². The molecule has 0 bridgehead atoms. The van der Waals surface area contributed by atoms with Gasteiger partial charge in [0.1, 0.15) is 22.4 Å². The Balaban J connectivity index is 1.57. The minimum absolute atomic E-state index is 0.318. The number of benzene rings is 1. The van der Waals surface area contributed by atoms with Crippen LogP contribution in [0.5, 0.6) is 0 Å². The molecular weight excluding hydrogens is 423 g/mol. The van der Waals surface area contributed by atoms with E-state index >= 15 is 0 Å². The molecule has 1 saturated heterocycles. The van der Waals surface area contributed by atoms with Gasteiger partial charge in [-0.25, -0.2) is 19.9 Å². The molecule has 3 heterocycles. The van der Waals surface area contributed by atoms with Crippen molar-refractivity contribution in [3.8, 4) is 0 Å². The number of thioether (sulfide) groups is 1. The van der Waals surface area contributed by atoms with Crippen LogP contribution in [0.25, 0.3) is 11.0 Å². The van der Waals surface area contributed by atoms with Gasteiger partial charge in [-0.15, -0.1) is 0 Å². The number of aromatic nitrogens is 4. The van der Waals surface area contributed by atoms with Crippen molar-refractivity contribution in [2.24, 2.45) is 0 Å². The number of halogens is 3. The smallest absolute Gasteiger partial charge is 0.339 e. The van der Waals surface area contributed by atoms with E-state index in [0.29, 0.717) is 57.9 Å². The number of anilines is 1. The Kier molecular flexibility index (Phi) is 5.68. The van der Waals surface area contributed by atoms with E-state index in [1.54, 1.807) is 12.3 Å². The lowest BCUT2D eigenvalue weighted by molar-refractivity contribution is -0.137. The van der Waals surface area contributed by atoms with Gasteiger partial charge in [-0.2, -0.15) is 13.2 Å². The third kappa shape index (κ3) is 4.67. The van der Waals surface area contributed by atoms with Gasteiger partial charge in [-0.3, -0.25) is 4.21 Å². The lowest BCUT2D eigenvalue weighted by Gasteiger charge is -2.26. The largest absolute Gasteiger partial charge is 0.416 e. The van der Waals surface area contributed by atoms with Gasteiger partial charge in [-0.1, -0.05) is 30.0 Å². The van der Waals surface area contributed by atoms with Crippen LogP contribution in [0.15, 0.2) is 41.8 Å². The molecular formula is C18H16F3N5OS2. The number of hydrogen-bond acceptors (Lipinski definition) is 7. The number of alkyl halides is 3. The zero-order valence-corrected chi connectivity index (χ0v) is 16.7. The third-order valence-electron chi connectivity index (χ3n) is 4.42. The summed E-state index contributed by atoms with van der Waals surface area (Å²) in [5.41, 5.74) is 0.997. The summed E-state index contributed by atoms with van der Waals surface area (Å²) in [4.78, 5) is 19.3. The summed E-state index contributed by atoms with van der Waals surface area (Å²) in [6.45, 7) is 1.22. The highest BCUT2D eigenvalue weighted by atomic mass is 32.2. The minimum Gasteiger partial charge on any atom is -0.339 e. The molecule has 4 rings (SSSR count). The first-order chi connectivity index (χ1) is 13.9. The van der Waals surface area contributed by atoms with Gasteiger partial charge in [0.15, 0.2) is 0 Å². The molecule has 1 fully saturated rings. The molecule has 6 nitrogen and oxygen atoms in total. The fraction of sp³-hybridized carbons (Fsp3) is 0.333. The topological polar surface area (TPSA) is 71.9 Å². The van der Waals surface area contributed by atoms with Crippen LogP contribution >= 0.6 is 11.8 Å². The van der Waals surface area contributed by atoms with Crippen LogP contribution in [-0.2, 0) is 22.7 Å². The van der Waals surface area contributed by atoms with Crippen LogP contribution in [0.3, 0.4) is 0 Å². The average Bonchev–Trinajstić information content (AvgIpc) is 2.72.